The van der Waals surface area contributed by atoms with Gasteiger partial charge in [0.15, 0.2) is 0 Å². The minimum atomic E-state index is 0.580. The molecular weight excluding hydrogens is 304 g/mol. The van der Waals surface area contributed by atoms with Crippen molar-refractivity contribution in [1.82, 2.24) is 0 Å². The average molecular weight is 322 g/mol. The summed E-state index contributed by atoms with van der Waals surface area (Å²) in [6, 6.07) is 29.6. The van der Waals surface area contributed by atoms with Crippen molar-refractivity contribution in [2.45, 2.75) is 0 Å². The van der Waals surface area contributed by atoms with Crippen LogP contribution in [0.5, 0.6) is 0 Å². The fraction of sp³-hybridized carbons (Fsp3) is 0. The number of benzene rings is 3. The third kappa shape index (κ3) is 3.36. The van der Waals surface area contributed by atoms with E-state index in [0.29, 0.717) is 5.56 Å². The molecule has 2 heteroatoms. The van der Waals surface area contributed by atoms with Crippen LogP contribution in [0.25, 0.3) is 11.4 Å². The number of hydrogen-bond donors (Lipinski definition) is 0. The molecule has 120 valence electrons. The van der Waals surface area contributed by atoms with Gasteiger partial charge in [-0.05, 0) is 23.3 Å². The molecule has 0 atom stereocenters. The van der Waals surface area contributed by atoms with Crippen molar-refractivity contribution in [3.63, 3.8) is 0 Å². The highest BCUT2D eigenvalue weighted by molar-refractivity contribution is 5.95. The number of anilines is 1. The molecule has 0 spiro atoms. The van der Waals surface area contributed by atoms with Crippen LogP contribution in [0.3, 0.4) is 0 Å². The summed E-state index contributed by atoms with van der Waals surface area (Å²) in [4.78, 5) is 1.95. The summed E-state index contributed by atoms with van der Waals surface area (Å²) in [5.41, 5.74) is 4.86. The van der Waals surface area contributed by atoms with E-state index < -0.39 is 0 Å². The van der Waals surface area contributed by atoms with Crippen LogP contribution in [0.2, 0.25) is 0 Å². The van der Waals surface area contributed by atoms with Gasteiger partial charge in [-0.2, -0.15) is 5.26 Å². The van der Waals surface area contributed by atoms with E-state index in [1.54, 1.807) is 6.07 Å². The smallest absolute Gasteiger partial charge is 0.101 e. The van der Waals surface area contributed by atoms with Crippen molar-refractivity contribution in [3.8, 4) is 6.07 Å². The second-order valence-corrected chi connectivity index (χ2v) is 5.59. The van der Waals surface area contributed by atoms with E-state index in [0.717, 1.165) is 28.2 Å². The molecule has 0 bridgehead atoms. The number of nitriles is 1. The molecule has 0 aromatic heterocycles. The fourth-order valence-corrected chi connectivity index (χ4v) is 2.74. The van der Waals surface area contributed by atoms with Gasteiger partial charge in [0.2, 0.25) is 0 Å². The molecule has 3 aromatic carbocycles. The van der Waals surface area contributed by atoms with Gasteiger partial charge in [-0.1, -0.05) is 86.0 Å². The highest BCUT2D eigenvalue weighted by Gasteiger charge is 2.19. The van der Waals surface area contributed by atoms with Gasteiger partial charge in [0.1, 0.15) is 6.07 Å². The molecule has 0 saturated heterocycles. The van der Waals surface area contributed by atoms with Gasteiger partial charge in [-0.25, -0.2) is 0 Å². The zero-order chi connectivity index (χ0) is 17.6. The lowest BCUT2D eigenvalue weighted by atomic mass is 10.0. The Balaban J connectivity index is 2.14. The van der Waals surface area contributed by atoms with Crippen LogP contribution in [-0.2, 0) is 0 Å². The van der Waals surface area contributed by atoms with Gasteiger partial charge in [0.25, 0.3) is 0 Å². The third-order valence-electron chi connectivity index (χ3n) is 4.02. The first-order valence-electron chi connectivity index (χ1n) is 8.00. The van der Waals surface area contributed by atoms with Crippen LogP contribution in [0.4, 0.5) is 5.69 Å². The highest BCUT2D eigenvalue weighted by Crippen LogP contribution is 2.34. The maximum atomic E-state index is 9.54. The molecule has 0 heterocycles. The lowest BCUT2D eigenvalue weighted by Gasteiger charge is -2.30. The van der Waals surface area contributed by atoms with Crippen LogP contribution in [0.1, 0.15) is 16.7 Å². The van der Waals surface area contributed by atoms with Gasteiger partial charge in [-0.3, -0.25) is 0 Å². The normalized spacial score (nSPS) is 9.88. The maximum absolute atomic E-state index is 9.54. The Labute approximate surface area is 148 Å². The summed E-state index contributed by atoms with van der Waals surface area (Å²) in [5.74, 6) is 0. The molecule has 0 aliphatic heterocycles. The number of rotatable bonds is 5. The first-order valence-corrected chi connectivity index (χ1v) is 8.00. The predicted molar refractivity (Wildman–Crippen MR) is 105 cm³/mol. The molecule has 25 heavy (non-hydrogen) atoms. The standard InChI is InChI=1S/C23H18N2/c1-18(20-11-5-3-6-12-20)25(19(2)21-13-7-4-8-14-21)23-16-10-9-15-22(23)17-24/h3-16H,1-2H2. The van der Waals surface area contributed by atoms with Crippen molar-refractivity contribution >= 4 is 17.1 Å². The summed E-state index contributed by atoms with van der Waals surface area (Å²) >= 11 is 0. The summed E-state index contributed by atoms with van der Waals surface area (Å²) < 4.78 is 0. The van der Waals surface area contributed by atoms with E-state index in [1.165, 1.54) is 0 Å². The molecular formula is C23H18N2. The molecule has 0 N–H and O–H groups in total. The number of nitrogens with zero attached hydrogens (tertiary/aromatic N) is 2. The third-order valence-corrected chi connectivity index (χ3v) is 4.02. The summed E-state index contributed by atoms with van der Waals surface area (Å²) in [6.45, 7) is 8.56. The Hall–Kier alpha value is -3.57. The van der Waals surface area contributed by atoms with Crippen LogP contribution < -0.4 is 4.90 Å². The summed E-state index contributed by atoms with van der Waals surface area (Å²) in [6.07, 6.45) is 0. The fourth-order valence-electron chi connectivity index (χ4n) is 2.74. The largest absolute Gasteiger partial charge is 0.309 e. The Morgan fingerprint density at radius 1 is 0.680 bits per heavy atom. The lowest BCUT2D eigenvalue weighted by Crippen LogP contribution is -2.20. The van der Waals surface area contributed by atoms with E-state index in [9.17, 15) is 5.26 Å². The SMILES string of the molecule is C=C(c1ccccc1)N(C(=C)c1ccccc1)c1ccccc1C#N. The predicted octanol–water partition coefficient (Wildman–Crippen LogP) is 5.71. The molecule has 3 aromatic rings. The summed E-state index contributed by atoms with van der Waals surface area (Å²) in [7, 11) is 0. The number of hydrogen-bond acceptors (Lipinski definition) is 2. The van der Waals surface area contributed by atoms with Gasteiger partial charge >= 0.3 is 0 Å². The lowest BCUT2D eigenvalue weighted by molar-refractivity contribution is 1.29. The molecule has 3 rings (SSSR count). The van der Waals surface area contributed by atoms with Crippen molar-refractivity contribution in [1.29, 1.82) is 5.26 Å². The van der Waals surface area contributed by atoms with Crippen molar-refractivity contribution in [2.75, 3.05) is 4.90 Å². The van der Waals surface area contributed by atoms with Crippen molar-refractivity contribution < 1.29 is 0 Å². The summed E-state index contributed by atoms with van der Waals surface area (Å²) in [5, 5.41) is 9.54. The van der Waals surface area contributed by atoms with E-state index in [2.05, 4.69) is 19.2 Å². The minimum absolute atomic E-state index is 0.580. The van der Waals surface area contributed by atoms with E-state index in [4.69, 9.17) is 0 Å². The van der Waals surface area contributed by atoms with Gasteiger partial charge in [0.05, 0.1) is 11.3 Å². The number of para-hydroxylation sites is 1. The maximum Gasteiger partial charge on any atom is 0.101 e. The molecule has 0 fully saturated rings. The Bertz CT molecular complexity index is 883. The Morgan fingerprint density at radius 2 is 1.12 bits per heavy atom. The van der Waals surface area contributed by atoms with E-state index in [-0.39, 0.29) is 0 Å². The Kier molecular flexibility index (Phi) is 4.78. The van der Waals surface area contributed by atoms with Crippen LogP contribution in [0.15, 0.2) is 98.1 Å². The van der Waals surface area contributed by atoms with Gasteiger partial charge in [0, 0.05) is 11.4 Å². The van der Waals surface area contributed by atoms with Crippen LogP contribution in [-0.4, -0.2) is 0 Å². The molecule has 0 saturated carbocycles. The van der Waals surface area contributed by atoms with Gasteiger partial charge < -0.3 is 4.90 Å². The molecule has 0 radical (unpaired) electrons. The first kappa shape index (κ1) is 16.3. The minimum Gasteiger partial charge on any atom is -0.309 e. The zero-order valence-corrected chi connectivity index (χ0v) is 13.9. The molecule has 0 aliphatic rings. The average Bonchev–Trinajstić information content (AvgIpc) is 2.69. The second-order valence-electron chi connectivity index (χ2n) is 5.59. The van der Waals surface area contributed by atoms with Crippen LogP contribution >= 0.6 is 0 Å². The van der Waals surface area contributed by atoms with E-state index >= 15 is 0 Å². The zero-order valence-electron chi connectivity index (χ0n) is 13.9. The van der Waals surface area contributed by atoms with Gasteiger partial charge in [-0.15, -0.1) is 0 Å². The monoisotopic (exact) mass is 322 g/mol. The Morgan fingerprint density at radius 3 is 1.60 bits per heavy atom. The topological polar surface area (TPSA) is 27.0 Å². The van der Waals surface area contributed by atoms with Crippen molar-refractivity contribution in [3.05, 3.63) is 115 Å². The molecule has 0 amide bonds. The molecule has 2 nitrogen and oxygen atoms in total. The highest BCUT2D eigenvalue weighted by atomic mass is 15.2. The van der Waals surface area contributed by atoms with Crippen LogP contribution in [0, 0.1) is 11.3 Å². The second kappa shape index (κ2) is 7.33. The first-order chi connectivity index (χ1) is 12.2. The molecule has 0 aliphatic carbocycles. The van der Waals surface area contributed by atoms with E-state index in [1.807, 2.05) is 83.8 Å². The van der Waals surface area contributed by atoms with Crippen molar-refractivity contribution in [2.24, 2.45) is 0 Å². The molecule has 0 unspecified atom stereocenters. The quantitative estimate of drug-likeness (QED) is 0.602.